The lowest BCUT2D eigenvalue weighted by Crippen LogP contribution is -2.40. The van der Waals surface area contributed by atoms with Crippen molar-refractivity contribution in [1.29, 1.82) is 0 Å². The maximum atomic E-state index is 12.6. The molecular formula is C17H35N2O6P. The van der Waals surface area contributed by atoms with E-state index in [9.17, 15) is 24.2 Å². The lowest BCUT2D eigenvalue weighted by molar-refractivity contribution is -0.145. The summed E-state index contributed by atoms with van der Waals surface area (Å²) in [5, 5.41) is 11.8. The first kappa shape index (κ1) is 25.1. The molecule has 0 aromatic heterocycles. The Bertz CT molecular complexity index is 472. The summed E-state index contributed by atoms with van der Waals surface area (Å²) in [6.07, 6.45) is 3.75. The van der Waals surface area contributed by atoms with Crippen molar-refractivity contribution in [2.75, 3.05) is 6.54 Å². The second-order valence-corrected chi connectivity index (χ2v) is 8.74. The van der Waals surface area contributed by atoms with Crippen molar-refractivity contribution in [3.63, 3.8) is 0 Å². The molecular weight excluding hydrogens is 359 g/mol. The molecule has 0 aliphatic heterocycles. The Kier molecular flexibility index (Phi) is 12.8. The zero-order valence-corrected chi connectivity index (χ0v) is 17.0. The Hall–Kier alpha value is -0.950. The first-order valence-corrected chi connectivity index (χ1v) is 11.0. The normalized spacial score (nSPS) is 16.1. The third kappa shape index (κ3) is 10.3. The van der Waals surface area contributed by atoms with E-state index in [0.29, 0.717) is 25.8 Å². The molecule has 0 aliphatic carbocycles. The first-order valence-electron chi connectivity index (χ1n) is 9.38. The molecule has 2 unspecified atom stereocenters. The Morgan fingerprint density at radius 1 is 1.15 bits per heavy atom. The molecule has 0 rings (SSSR count). The standard InChI is InChI=1S/C17H35N2O6P/c1-4-5-6-7-11-15(20)19-16(13(2)3)26(23,24)25-14(17(21)22)10-8-9-12-18/h13-14,16H,4-12,18H2,1-3H3,(H,19,20)(H,21,22)(H,23,24)/t14?,16-/m0/s1. The van der Waals surface area contributed by atoms with Crippen LogP contribution in [-0.2, 0) is 18.7 Å². The van der Waals surface area contributed by atoms with E-state index < -0.39 is 25.5 Å². The summed E-state index contributed by atoms with van der Waals surface area (Å²) in [7, 11) is -4.36. The van der Waals surface area contributed by atoms with Crippen LogP contribution < -0.4 is 11.1 Å². The van der Waals surface area contributed by atoms with Gasteiger partial charge in [0.25, 0.3) is 0 Å². The zero-order valence-electron chi connectivity index (χ0n) is 16.1. The van der Waals surface area contributed by atoms with Crippen LogP contribution in [0.1, 0.15) is 72.1 Å². The monoisotopic (exact) mass is 394 g/mol. The molecule has 0 bridgehead atoms. The van der Waals surface area contributed by atoms with E-state index in [1.165, 1.54) is 0 Å². The van der Waals surface area contributed by atoms with E-state index in [2.05, 4.69) is 12.2 Å². The van der Waals surface area contributed by atoms with Crippen LogP contribution in [-0.4, -0.2) is 40.3 Å². The van der Waals surface area contributed by atoms with Crippen LogP contribution in [0, 0.1) is 5.92 Å². The minimum atomic E-state index is -4.36. The predicted octanol–water partition coefficient (Wildman–Crippen LogP) is 2.84. The molecule has 154 valence electrons. The van der Waals surface area contributed by atoms with Crippen LogP contribution in [0.5, 0.6) is 0 Å². The average molecular weight is 394 g/mol. The van der Waals surface area contributed by atoms with Crippen LogP contribution in [0.25, 0.3) is 0 Å². The van der Waals surface area contributed by atoms with Crippen molar-refractivity contribution >= 4 is 19.5 Å². The van der Waals surface area contributed by atoms with Gasteiger partial charge < -0.3 is 21.1 Å². The summed E-state index contributed by atoms with van der Waals surface area (Å²) < 4.78 is 17.7. The second-order valence-electron chi connectivity index (χ2n) is 6.85. The number of unbranched alkanes of at least 4 members (excludes halogenated alkanes) is 4. The van der Waals surface area contributed by atoms with E-state index in [0.717, 1.165) is 19.3 Å². The number of rotatable bonds is 15. The van der Waals surface area contributed by atoms with Gasteiger partial charge in [-0.2, -0.15) is 0 Å². The highest BCUT2D eigenvalue weighted by molar-refractivity contribution is 7.53. The summed E-state index contributed by atoms with van der Waals surface area (Å²) in [5.74, 6) is -3.15. The fourth-order valence-corrected chi connectivity index (χ4v) is 4.27. The summed E-state index contributed by atoms with van der Waals surface area (Å²) in [5.41, 5.74) is 5.38. The van der Waals surface area contributed by atoms with Crippen molar-refractivity contribution in [2.45, 2.75) is 84.0 Å². The number of aliphatic carboxylic acids is 1. The lowest BCUT2D eigenvalue weighted by atomic mass is 10.1. The van der Waals surface area contributed by atoms with Gasteiger partial charge in [-0.1, -0.05) is 40.0 Å². The molecule has 0 aromatic carbocycles. The Labute approximate surface area is 156 Å². The van der Waals surface area contributed by atoms with Crippen LogP contribution in [0.2, 0.25) is 0 Å². The topological polar surface area (TPSA) is 139 Å². The molecule has 0 saturated heterocycles. The molecule has 8 nitrogen and oxygen atoms in total. The average Bonchev–Trinajstić information content (AvgIpc) is 2.55. The molecule has 0 heterocycles. The van der Waals surface area contributed by atoms with E-state index >= 15 is 0 Å². The summed E-state index contributed by atoms with van der Waals surface area (Å²) >= 11 is 0. The van der Waals surface area contributed by atoms with Gasteiger partial charge >= 0.3 is 13.6 Å². The van der Waals surface area contributed by atoms with Gasteiger partial charge in [0.2, 0.25) is 5.91 Å². The number of hydrogen-bond donors (Lipinski definition) is 4. The van der Waals surface area contributed by atoms with Crippen molar-refractivity contribution in [1.82, 2.24) is 5.32 Å². The summed E-state index contributed by atoms with van der Waals surface area (Å²) in [6.45, 7) is 5.84. The smallest absolute Gasteiger partial charge is 0.351 e. The van der Waals surface area contributed by atoms with Crippen LogP contribution >= 0.6 is 7.60 Å². The molecule has 3 atom stereocenters. The highest BCUT2D eigenvalue weighted by atomic mass is 31.2. The fourth-order valence-electron chi connectivity index (χ4n) is 2.52. The van der Waals surface area contributed by atoms with Crippen molar-refractivity contribution in [3.05, 3.63) is 0 Å². The fraction of sp³-hybridized carbons (Fsp3) is 0.882. The van der Waals surface area contributed by atoms with Gasteiger partial charge in [-0.25, -0.2) is 4.79 Å². The molecule has 5 N–H and O–H groups in total. The molecule has 0 aromatic rings. The van der Waals surface area contributed by atoms with Gasteiger partial charge in [-0.05, 0) is 38.1 Å². The van der Waals surface area contributed by atoms with Gasteiger partial charge in [0, 0.05) is 6.42 Å². The molecule has 26 heavy (non-hydrogen) atoms. The van der Waals surface area contributed by atoms with Crippen molar-refractivity contribution < 1.29 is 28.7 Å². The largest absolute Gasteiger partial charge is 0.479 e. The van der Waals surface area contributed by atoms with E-state index in [1.54, 1.807) is 13.8 Å². The number of carbonyl (C=O) groups excluding carboxylic acids is 1. The predicted molar refractivity (Wildman–Crippen MR) is 101 cm³/mol. The minimum Gasteiger partial charge on any atom is -0.479 e. The summed E-state index contributed by atoms with van der Waals surface area (Å²) in [4.78, 5) is 33.7. The molecule has 0 fully saturated rings. The Morgan fingerprint density at radius 2 is 1.81 bits per heavy atom. The highest BCUT2D eigenvalue weighted by Gasteiger charge is 2.40. The number of nitrogens with one attached hydrogen (secondary N) is 1. The van der Waals surface area contributed by atoms with Crippen LogP contribution in [0.3, 0.4) is 0 Å². The molecule has 0 aliphatic rings. The minimum absolute atomic E-state index is 0.0901. The number of amides is 1. The first-order chi connectivity index (χ1) is 12.2. The molecule has 0 radical (unpaired) electrons. The molecule has 0 spiro atoms. The van der Waals surface area contributed by atoms with Crippen molar-refractivity contribution in [2.24, 2.45) is 11.7 Å². The number of carbonyl (C=O) groups is 2. The third-order valence-corrected chi connectivity index (χ3v) is 6.01. The quantitative estimate of drug-likeness (QED) is 0.247. The van der Waals surface area contributed by atoms with Gasteiger partial charge in [0.15, 0.2) is 6.10 Å². The number of carboxylic acid groups (broad SMARTS) is 1. The number of hydrogen-bond acceptors (Lipinski definition) is 5. The van der Waals surface area contributed by atoms with Gasteiger partial charge in [0.1, 0.15) is 5.78 Å². The summed E-state index contributed by atoms with van der Waals surface area (Å²) in [6, 6.07) is 0. The third-order valence-electron chi connectivity index (χ3n) is 4.02. The van der Waals surface area contributed by atoms with Crippen molar-refractivity contribution in [3.8, 4) is 0 Å². The Morgan fingerprint density at radius 3 is 2.31 bits per heavy atom. The molecule has 1 amide bonds. The van der Waals surface area contributed by atoms with Gasteiger partial charge in [0.05, 0.1) is 0 Å². The maximum absolute atomic E-state index is 12.6. The zero-order chi connectivity index (χ0) is 20.2. The number of carboxylic acids is 1. The SMILES string of the molecule is CCCCCCC(=O)N[C@H](C(C)C)P(=O)(O)OC(CCCCN)C(=O)O. The van der Waals surface area contributed by atoms with E-state index in [4.69, 9.17) is 10.3 Å². The van der Waals surface area contributed by atoms with E-state index in [-0.39, 0.29) is 24.7 Å². The second kappa shape index (κ2) is 13.3. The highest BCUT2D eigenvalue weighted by Crippen LogP contribution is 2.50. The molecule has 0 saturated carbocycles. The maximum Gasteiger partial charge on any atom is 0.351 e. The Balaban J connectivity index is 4.87. The van der Waals surface area contributed by atoms with Crippen LogP contribution in [0.4, 0.5) is 0 Å². The lowest BCUT2D eigenvalue weighted by Gasteiger charge is -2.28. The van der Waals surface area contributed by atoms with E-state index in [1.807, 2.05) is 0 Å². The van der Waals surface area contributed by atoms with Gasteiger partial charge in [-0.15, -0.1) is 0 Å². The van der Waals surface area contributed by atoms with Gasteiger partial charge in [-0.3, -0.25) is 13.9 Å². The van der Waals surface area contributed by atoms with Crippen LogP contribution in [0.15, 0.2) is 0 Å². The molecule has 9 heteroatoms. The number of nitrogens with two attached hydrogens (primary N) is 1.